The van der Waals surface area contributed by atoms with Gasteiger partial charge in [0.2, 0.25) is 0 Å². The summed E-state index contributed by atoms with van der Waals surface area (Å²) >= 11 is 0. The molecule has 3 fully saturated rings. The van der Waals surface area contributed by atoms with Crippen LogP contribution in [0.3, 0.4) is 0 Å². The molecule has 3 aliphatic rings. The van der Waals surface area contributed by atoms with Crippen molar-refractivity contribution < 1.29 is 5.11 Å². The Labute approximate surface area is 111 Å². The maximum absolute atomic E-state index is 9.77. The Morgan fingerprint density at radius 3 is 2.72 bits per heavy atom. The van der Waals surface area contributed by atoms with Crippen LogP contribution in [0.15, 0.2) is 0 Å². The predicted molar refractivity (Wildman–Crippen MR) is 73.6 cm³/mol. The van der Waals surface area contributed by atoms with Crippen molar-refractivity contribution in [1.82, 2.24) is 10.2 Å². The molecule has 18 heavy (non-hydrogen) atoms. The Kier molecular flexibility index (Phi) is 3.65. The number of aliphatic hydroxyl groups is 1. The van der Waals surface area contributed by atoms with E-state index in [1.165, 1.54) is 45.2 Å². The first-order valence-corrected chi connectivity index (χ1v) is 7.87. The summed E-state index contributed by atoms with van der Waals surface area (Å²) in [7, 11) is 0. The number of hydrogen-bond donors (Lipinski definition) is 2. The van der Waals surface area contributed by atoms with E-state index < -0.39 is 0 Å². The quantitative estimate of drug-likeness (QED) is 0.782. The number of rotatable bonds is 5. The third kappa shape index (κ3) is 2.59. The first kappa shape index (κ1) is 12.9. The normalized spacial score (nSPS) is 41.7. The van der Waals surface area contributed by atoms with Gasteiger partial charge in [-0.2, -0.15) is 0 Å². The van der Waals surface area contributed by atoms with Crippen LogP contribution in [0.1, 0.15) is 51.9 Å². The number of nitrogens with zero attached hydrogens (tertiary/aromatic N) is 1. The largest absolute Gasteiger partial charge is 0.394 e. The van der Waals surface area contributed by atoms with Gasteiger partial charge in [0.1, 0.15) is 0 Å². The van der Waals surface area contributed by atoms with E-state index in [4.69, 9.17) is 0 Å². The lowest BCUT2D eigenvalue weighted by molar-refractivity contribution is 0.147. The van der Waals surface area contributed by atoms with Crippen LogP contribution in [0.4, 0.5) is 0 Å². The number of likely N-dealkylation sites (tertiary alicyclic amines) is 1. The third-order valence-electron chi connectivity index (χ3n) is 5.38. The molecule has 3 nitrogen and oxygen atoms in total. The van der Waals surface area contributed by atoms with E-state index in [-0.39, 0.29) is 5.54 Å². The van der Waals surface area contributed by atoms with Gasteiger partial charge in [-0.15, -0.1) is 0 Å². The first-order valence-electron chi connectivity index (χ1n) is 7.87. The second-order valence-electron chi connectivity index (χ2n) is 6.81. The van der Waals surface area contributed by atoms with Crippen molar-refractivity contribution in [2.45, 2.75) is 69.5 Å². The van der Waals surface area contributed by atoms with E-state index in [1.54, 1.807) is 0 Å². The van der Waals surface area contributed by atoms with Gasteiger partial charge in [-0.3, -0.25) is 0 Å². The van der Waals surface area contributed by atoms with E-state index in [9.17, 15) is 5.11 Å². The minimum Gasteiger partial charge on any atom is -0.394 e. The van der Waals surface area contributed by atoms with Crippen LogP contribution < -0.4 is 5.32 Å². The van der Waals surface area contributed by atoms with Crippen LogP contribution in [0.2, 0.25) is 0 Å². The Morgan fingerprint density at radius 1 is 1.28 bits per heavy atom. The van der Waals surface area contributed by atoms with Crippen molar-refractivity contribution in [2.24, 2.45) is 5.92 Å². The van der Waals surface area contributed by atoms with Gasteiger partial charge < -0.3 is 15.3 Å². The minimum absolute atomic E-state index is 0.0517. The lowest BCUT2D eigenvalue weighted by atomic mass is 9.98. The molecule has 3 rings (SSSR count). The first-order chi connectivity index (χ1) is 8.74. The molecule has 104 valence electrons. The molecule has 2 N–H and O–H groups in total. The molecule has 0 radical (unpaired) electrons. The van der Waals surface area contributed by atoms with E-state index in [1.807, 2.05) is 0 Å². The molecule has 0 amide bonds. The van der Waals surface area contributed by atoms with Crippen LogP contribution in [0.25, 0.3) is 0 Å². The Bertz CT molecular complexity index is 292. The summed E-state index contributed by atoms with van der Waals surface area (Å²) in [6.07, 6.45) is 8.94. The standard InChI is InChI=1S/C15H28N2O/c1-2-12-6-8-17(10-12)14-5-7-15(9-14,11-18)16-13-3-4-13/h12-14,16,18H,2-11H2,1H3. The van der Waals surface area contributed by atoms with Crippen LogP contribution >= 0.6 is 0 Å². The SMILES string of the molecule is CCC1CCN(C2CCC(CO)(NC3CC3)C2)C1. The van der Waals surface area contributed by atoms with Crippen molar-refractivity contribution in [3.63, 3.8) is 0 Å². The zero-order valence-corrected chi connectivity index (χ0v) is 11.7. The van der Waals surface area contributed by atoms with Gasteiger partial charge in [-0.25, -0.2) is 0 Å². The molecule has 0 aromatic rings. The van der Waals surface area contributed by atoms with Crippen molar-refractivity contribution in [1.29, 1.82) is 0 Å². The fraction of sp³-hybridized carbons (Fsp3) is 1.00. The van der Waals surface area contributed by atoms with Gasteiger partial charge in [-0.1, -0.05) is 13.3 Å². The van der Waals surface area contributed by atoms with Crippen molar-refractivity contribution in [3.8, 4) is 0 Å². The highest BCUT2D eigenvalue weighted by Crippen LogP contribution is 2.37. The summed E-state index contributed by atoms with van der Waals surface area (Å²) in [4.78, 5) is 2.69. The molecule has 0 aromatic heterocycles. The van der Waals surface area contributed by atoms with Crippen molar-refractivity contribution in [3.05, 3.63) is 0 Å². The lowest BCUT2D eigenvalue weighted by Gasteiger charge is -2.31. The molecule has 1 saturated heterocycles. The smallest absolute Gasteiger partial charge is 0.0614 e. The van der Waals surface area contributed by atoms with Crippen molar-refractivity contribution >= 4 is 0 Å². The minimum atomic E-state index is 0.0517. The van der Waals surface area contributed by atoms with Gasteiger partial charge in [0, 0.05) is 24.2 Å². The molecule has 3 unspecified atom stereocenters. The Balaban J connectivity index is 1.56. The zero-order chi connectivity index (χ0) is 12.6. The third-order valence-corrected chi connectivity index (χ3v) is 5.38. The topological polar surface area (TPSA) is 35.5 Å². The summed E-state index contributed by atoms with van der Waals surface area (Å²) in [6.45, 7) is 5.22. The highest BCUT2D eigenvalue weighted by Gasteiger charge is 2.44. The Hall–Kier alpha value is -0.120. The predicted octanol–water partition coefficient (Wildman–Crippen LogP) is 1.75. The van der Waals surface area contributed by atoms with Crippen LogP contribution in [-0.2, 0) is 0 Å². The van der Waals surface area contributed by atoms with E-state index in [0.29, 0.717) is 12.6 Å². The molecule has 0 spiro atoms. The second-order valence-corrected chi connectivity index (χ2v) is 6.81. The summed E-state index contributed by atoms with van der Waals surface area (Å²) < 4.78 is 0. The average molecular weight is 252 g/mol. The molecule has 3 atom stereocenters. The van der Waals surface area contributed by atoms with E-state index in [0.717, 1.165) is 24.8 Å². The summed E-state index contributed by atoms with van der Waals surface area (Å²) in [5.41, 5.74) is 0.0517. The van der Waals surface area contributed by atoms with Gasteiger partial charge >= 0.3 is 0 Å². The highest BCUT2D eigenvalue weighted by atomic mass is 16.3. The van der Waals surface area contributed by atoms with Crippen LogP contribution in [-0.4, -0.2) is 47.3 Å². The van der Waals surface area contributed by atoms with Gasteiger partial charge in [-0.05, 0) is 51.0 Å². The van der Waals surface area contributed by atoms with Crippen LogP contribution in [0.5, 0.6) is 0 Å². The fourth-order valence-corrected chi connectivity index (χ4v) is 3.92. The summed E-state index contributed by atoms with van der Waals surface area (Å²) in [6, 6.07) is 1.43. The summed E-state index contributed by atoms with van der Waals surface area (Å²) in [5, 5.41) is 13.5. The van der Waals surface area contributed by atoms with Crippen molar-refractivity contribution in [2.75, 3.05) is 19.7 Å². The van der Waals surface area contributed by atoms with Gasteiger partial charge in [0.05, 0.1) is 6.61 Å². The zero-order valence-electron chi connectivity index (χ0n) is 11.7. The number of hydrogen-bond acceptors (Lipinski definition) is 3. The molecule has 1 aliphatic heterocycles. The van der Waals surface area contributed by atoms with Gasteiger partial charge in [0.25, 0.3) is 0 Å². The number of aliphatic hydroxyl groups excluding tert-OH is 1. The molecule has 2 saturated carbocycles. The maximum Gasteiger partial charge on any atom is 0.0614 e. The maximum atomic E-state index is 9.77. The molecule has 1 heterocycles. The lowest BCUT2D eigenvalue weighted by Crippen LogP contribution is -2.49. The molecular weight excluding hydrogens is 224 g/mol. The molecule has 2 aliphatic carbocycles. The van der Waals surface area contributed by atoms with E-state index in [2.05, 4.69) is 17.1 Å². The Morgan fingerprint density at radius 2 is 2.11 bits per heavy atom. The highest BCUT2D eigenvalue weighted by molar-refractivity contribution is 5.03. The van der Waals surface area contributed by atoms with Crippen LogP contribution in [0, 0.1) is 5.92 Å². The molecular formula is C15H28N2O. The molecule has 3 heteroatoms. The van der Waals surface area contributed by atoms with Gasteiger partial charge in [0.15, 0.2) is 0 Å². The second kappa shape index (κ2) is 5.10. The summed E-state index contributed by atoms with van der Waals surface area (Å²) in [5.74, 6) is 0.922. The average Bonchev–Trinajstić information content (AvgIpc) is 2.93. The molecule has 0 bridgehead atoms. The monoisotopic (exact) mass is 252 g/mol. The molecule has 0 aromatic carbocycles. The number of nitrogens with one attached hydrogen (secondary N) is 1. The van der Waals surface area contributed by atoms with E-state index >= 15 is 0 Å². The fourth-order valence-electron chi connectivity index (χ4n) is 3.92.